The van der Waals surface area contributed by atoms with Crippen molar-refractivity contribution < 1.29 is 9.32 Å². The molecule has 1 aromatic heterocycles. The fraction of sp³-hybridized carbons (Fsp3) is 0.375. The second-order valence-electron chi connectivity index (χ2n) is 8.30. The maximum absolute atomic E-state index is 12.9. The molecule has 1 amide bonds. The van der Waals surface area contributed by atoms with Gasteiger partial charge in [-0.25, -0.2) is 0 Å². The summed E-state index contributed by atoms with van der Waals surface area (Å²) in [6, 6.07) is 12.6. The molecule has 0 radical (unpaired) electrons. The number of nitrogens with zero attached hydrogens (tertiary/aromatic N) is 3. The van der Waals surface area contributed by atoms with E-state index in [1.165, 1.54) is 24.0 Å². The van der Waals surface area contributed by atoms with Gasteiger partial charge in [-0.3, -0.25) is 4.79 Å². The SMILES string of the molecule is Cc1ccc(C)c(-c2noc(C3CC(=O)N(c4cccc5c4CCCC5)C3)n2)c1. The van der Waals surface area contributed by atoms with Crippen LogP contribution in [0.3, 0.4) is 0 Å². The number of amides is 1. The summed E-state index contributed by atoms with van der Waals surface area (Å²) in [4.78, 5) is 19.4. The molecule has 5 nitrogen and oxygen atoms in total. The molecule has 1 aliphatic carbocycles. The average molecular weight is 387 g/mol. The first-order chi connectivity index (χ1) is 14.1. The highest BCUT2D eigenvalue weighted by atomic mass is 16.5. The van der Waals surface area contributed by atoms with E-state index in [0.29, 0.717) is 24.7 Å². The molecule has 2 heterocycles. The van der Waals surface area contributed by atoms with Crippen LogP contribution in [0.4, 0.5) is 5.69 Å². The predicted octanol–water partition coefficient (Wildman–Crippen LogP) is 4.75. The highest BCUT2D eigenvalue weighted by Gasteiger charge is 2.36. The Morgan fingerprint density at radius 2 is 1.97 bits per heavy atom. The number of anilines is 1. The molecule has 1 atom stereocenters. The van der Waals surface area contributed by atoms with E-state index in [0.717, 1.165) is 35.2 Å². The summed E-state index contributed by atoms with van der Waals surface area (Å²) in [5.74, 6) is 1.24. The Kier molecular flexibility index (Phi) is 4.46. The van der Waals surface area contributed by atoms with Gasteiger partial charge < -0.3 is 9.42 Å². The molecule has 29 heavy (non-hydrogen) atoms. The van der Waals surface area contributed by atoms with E-state index < -0.39 is 0 Å². The minimum atomic E-state index is -0.0617. The Labute approximate surface area is 170 Å². The highest BCUT2D eigenvalue weighted by molar-refractivity contribution is 5.97. The molecule has 1 aliphatic heterocycles. The van der Waals surface area contributed by atoms with E-state index in [9.17, 15) is 4.79 Å². The fourth-order valence-electron chi connectivity index (χ4n) is 4.61. The number of hydrogen-bond acceptors (Lipinski definition) is 4. The molecule has 5 heteroatoms. The van der Waals surface area contributed by atoms with Crippen LogP contribution >= 0.6 is 0 Å². The van der Waals surface area contributed by atoms with E-state index in [4.69, 9.17) is 4.52 Å². The fourth-order valence-corrected chi connectivity index (χ4v) is 4.61. The van der Waals surface area contributed by atoms with E-state index in [-0.39, 0.29) is 11.8 Å². The molecular weight excluding hydrogens is 362 g/mol. The van der Waals surface area contributed by atoms with Crippen LogP contribution in [0.1, 0.15) is 53.3 Å². The van der Waals surface area contributed by atoms with Crippen molar-refractivity contribution in [3.8, 4) is 11.4 Å². The molecule has 1 fully saturated rings. The first kappa shape index (κ1) is 18.1. The molecule has 0 N–H and O–H groups in total. The van der Waals surface area contributed by atoms with Crippen molar-refractivity contribution in [2.75, 3.05) is 11.4 Å². The lowest BCUT2D eigenvalue weighted by atomic mass is 9.90. The molecular formula is C24H25N3O2. The normalized spacial score (nSPS) is 18.9. The Balaban J connectivity index is 1.42. The molecule has 0 saturated carbocycles. The van der Waals surface area contributed by atoms with Gasteiger partial charge in [0.1, 0.15) is 0 Å². The number of carbonyl (C=O) groups is 1. The number of rotatable bonds is 3. The summed E-state index contributed by atoms with van der Waals surface area (Å²) in [7, 11) is 0. The quantitative estimate of drug-likeness (QED) is 0.650. The smallest absolute Gasteiger partial charge is 0.232 e. The van der Waals surface area contributed by atoms with E-state index >= 15 is 0 Å². The molecule has 0 bridgehead atoms. The third kappa shape index (κ3) is 3.24. The van der Waals surface area contributed by atoms with Gasteiger partial charge in [0.25, 0.3) is 0 Å². The molecule has 148 valence electrons. The second kappa shape index (κ2) is 7.14. The van der Waals surface area contributed by atoms with Crippen LogP contribution < -0.4 is 4.90 Å². The zero-order chi connectivity index (χ0) is 20.0. The van der Waals surface area contributed by atoms with Crippen molar-refractivity contribution in [2.24, 2.45) is 0 Å². The van der Waals surface area contributed by atoms with Crippen LogP contribution in [0.2, 0.25) is 0 Å². The largest absolute Gasteiger partial charge is 0.339 e. The summed E-state index contributed by atoms with van der Waals surface area (Å²) >= 11 is 0. The van der Waals surface area contributed by atoms with Crippen molar-refractivity contribution in [1.29, 1.82) is 0 Å². The molecule has 1 saturated heterocycles. The number of benzene rings is 2. The minimum Gasteiger partial charge on any atom is -0.339 e. The van der Waals surface area contributed by atoms with Crippen molar-refractivity contribution in [1.82, 2.24) is 10.1 Å². The van der Waals surface area contributed by atoms with Gasteiger partial charge in [0.2, 0.25) is 17.6 Å². The first-order valence-corrected chi connectivity index (χ1v) is 10.4. The van der Waals surface area contributed by atoms with Crippen molar-refractivity contribution in [3.63, 3.8) is 0 Å². The van der Waals surface area contributed by atoms with Crippen LogP contribution in [0.25, 0.3) is 11.4 Å². The second-order valence-corrected chi connectivity index (χ2v) is 8.30. The summed E-state index contributed by atoms with van der Waals surface area (Å²) in [5, 5.41) is 4.21. The van der Waals surface area contributed by atoms with Gasteiger partial charge in [0.15, 0.2) is 0 Å². The Morgan fingerprint density at radius 3 is 2.86 bits per heavy atom. The number of fused-ring (bicyclic) bond motifs is 1. The first-order valence-electron chi connectivity index (χ1n) is 10.4. The summed E-state index contributed by atoms with van der Waals surface area (Å²) in [6.45, 7) is 4.70. The van der Waals surface area contributed by atoms with Gasteiger partial charge in [-0.1, -0.05) is 35.0 Å². The number of carbonyl (C=O) groups excluding carboxylic acids is 1. The van der Waals surface area contributed by atoms with E-state index in [2.05, 4.69) is 53.5 Å². The Bertz CT molecular complexity index is 1090. The monoisotopic (exact) mass is 387 g/mol. The van der Waals surface area contributed by atoms with Crippen molar-refractivity contribution in [3.05, 3.63) is 64.5 Å². The van der Waals surface area contributed by atoms with Gasteiger partial charge in [-0.2, -0.15) is 4.98 Å². The van der Waals surface area contributed by atoms with Gasteiger partial charge in [0.05, 0.1) is 5.92 Å². The third-order valence-corrected chi connectivity index (χ3v) is 6.21. The molecule has 1 unspecified atom stereocenters. The maximum atomic E-state index is 12.9. The van der Waals surface area contributed by atoms with E-state index in [1.807, 2.05) is 11.8 Å². The van der Waals surface area contributed by atoms with Crippen LogP contribution in [-0.2, 0) is 17.6 Å². The van der Waals surface area contributed by atoms with Gasteiger partial charge in [-0.05, 0) is 68.4 Å². The predicted molar refractivity (Wildman–Crippen MR) is 112 cm³/mol. The van der Waals surface area contributed by atoms with Crippen molar-refractivity contribution in [2.45, 2.75) is 51.9 Å². The molecule has 2 aromatic carbocycles. The summed E-state index contributed by atoms with van der Waals surface area (Å²) < 4.78 is 5.60. The van der Waals surface area contributed by atoms with Crippen LogP contribution in [-0.4, -0.2) is 22.6 Å². The summed E-state index contributed by atoms with van der Waals surface area (Å²) in [5.41, 5.74) is 7.06. The van der Waals surface area contributed by atoms with Gasteiger partial charge in [0, 0.05) is 24.2 Å². The summed E-state index contributed by atoms with van der Waals surface area (Å²) in [6.07, 6.45) is 5.00. The lowest BCUT2D eigenvalue weighted by Gasteiger charge is -2.25. The molecule has 3 aromatic rings. The van der Waals surface area contributed by atoms with Crippen molar-refractivity contribution >= 4 is 11.6 Å². The van der Waals surface area contributed by atoms with Crippen LogP contribution in [0.5, 0.6) is 0 Å². The van der Waals surface area contributed by atoms with Crippen LogP contribution in [0.15, 0.2) is 40.9 Å². The topological polar surface area (TPSA) is 59.2 Å². The average Bonchev–Trinajstić information content (AvgIpc) is 3.36. The minimum absolute atomic E-state index is 0.0617. The Morgan fingerprint density at radius 1 is 1.10 bits per heavy atom. The number of aryl methyl sites for hydroxylation is 3. The van der Waals surface area contributed by atoms with Gasteiger partial charge >= 0.3 is 0 Å². The lowest BCUT2D eigenvalue weighted by molar-refractivity contribution is -0.117. The van der Waals surface area contributed by atoms with Crippen LogP contribution in [0, 0.1) is 13.8 Å². The maximum Gasteiger partial charge on any atom is 0.232 e. The Hall–Kier alpha value is -2.95. The third-order valence-electron chi connectivity index (χ3n) is 6.21. The number of hydrogen-bond donors (Lipinski definition) is 0. The number of aromatic nitrogens is 2. The zero-order valence-electron chi connectivity index (χ0n) is 16.9. The lowest BCUT2D eigenvalue weighted by Crippen LogP contribution is -2.26. The highest BCUT2D eigenvalue weighted by Crippen LogP contribution is 2.37. The zero-order valence-corrected chi connectivity index (χ0v) is 16.9. The molecule has 0 spiro atoms. The van der Waals surface area contributed by atoms with E-state index in [1.54, 1.807) is 0 Å². The molecule has 5 rings (SSSR count). The van der Waals surface area contributed by atoms with Gasteiger partial charge in [-0.15, -0.1) is 0 Å². The standard InChI is InChI=1S/C24H25N3O2/c1-15-10-11-16(2)20(12-15)23-25-24(29-26-23)18-13-22(28)27(14-18)21-9-5-7-17-6-3-4-8-19(17)21/h5,7,9-12,18H,3-4,6,8,13-14H2,1-2H3. The molecule has 2 aliphatic rings.